The molecule has 8 heteroatoms. The SMILES string of the molecule is COc1ccc(N2C(=O)CC(N(Cc3cccs3)C(=O)COc3ccccc3)C2=O)cc1. The number of carbonyl (C=O) groups is 3. The van der Waals surface area contributed by atoms with Gasteiger partial charge in [-0.25, -0.2) is 4.90 Å². The molecule has 3 aromatic rings. The highest BCUT2D eigenvalue weighted by Crippen LogP contribution is 2.29. The Morgan fingerprint density at radius 3 is 2.44 bits per heavy atom. The van der Waals surface area contributed by atoms with Crippen molar-refractivity contribution in [1.82, 2.24) is 4.90 Å². The van der Waals surface area contributed by atoms with Gasteiger partial charge in [-0.2, -0.15) is 0 Å². The summed E-state index contributed by atoms with van der Waals surface area (Å²) >= 11 is 1.49. The number of benzene rings is 2. The molecule has 2 heterocycles. The van der Waals surface area contributed by atoms with E-state index in [0.717, 1.165) is 9.78 Å². The Hall–Kier alpha value is -3.65. The van der Waals surface area contributed by atoms with E-state index in [1.807, 2.05) is 35.7 Å². The zero-order valence-corrected chi connectivity index (χ0v) is 18.3. The summed E-state index contributed by atoms with van der Waals surface area (Å²) in [5.74, 6) is 0.0513. The van der Waals surface area contributed by atoms with Crippen LogP contribution >= 0.6 is 11.3 Å². The molecule has 1 aliphatic heterocycles. The van der Waals surface area contributed by atoms with E-state index in [0.29, 0.717) is 17.2 Å². The molecule has 0 bridgehead atoms. The zero-order chi connectivity index (χ0) is 22.5. The topological polar surface area (TPSA) is 76.2 Å². The second-order valence-corrected chi connectivity index (χ2v) is 8.22. The maximum atomic E-state index is 13.3. The van der Waals surface area contributed by atoms with Gasteiger partial charge in [0.1, 0.15) is 17.5 Å². The van der Waals surface area contributed by atoms with Crippen LogP contribution in [0.4, 0.5) is 5.69 Å². The van der Waals surface area contributed by atoms with Gasteiger partial charge in [0.15, 0.2) is 6.61 Å². The predicted octanol–water partition coefficient (Wildman–Crippen LogP) is 3.50. The number of hydrogen-bond donors (Lipinski definition) is 0. The van der Waals surface area contributed by atoms with Gasteiger partial charge in [0.05, 0.1) is 25.8 Å². The average molecular weight is 451 g/mol. The van der Waals surface area contributed by atoms with Crippen LogP contribution in [-0.2, 0) is 20.9 Å². The van der Waals surface area contributed by atoms with E-state index in [-0.39, 0.29) is 31.4 Å². The number of para-hydroxylation sites is 1. The minimum atomic E-state index is -0.890. The van der Waals surface area contributed by atoms with Gasteiger partial charge >= 0.3 is 0 Å². The number of hydrogen-bond acceptors (Lipinski definition) is 6. The fourth-order valence-corrected chi connectivity index (χ4v) is 4.25. The quantitative estimate of drug-likeness (QED) is 0.491. The minimum Gasteiger partial charge on any atom is -0.497 e. The molecule has 2 aromatic carbocycles. The summed E-state index contributed by atoms with van der Waals surface area (Å²) in [7, 11) is 1.54. The van der Waals surface area contributed by atoms with E-state index in [9.17, 15) is 14.4 Å². The molecule has 0 aliphatic carbocycles. The van der Waals surface area contributed by atoms with E-state index in [4.69, 9.17) is 9.47 Å². The van der Waals surface area contributed by atoms with Gasteiger partial charge in [0.2, 0.25) is 5.91 Å². The molecule has 1 aliphatic rings. The van der Waals surface area contributed by atoms with Crippen LogP contribution in [0.5, 0.6) is 11.5 Å². The normalized spacial score (nSPS) is 15.7. The Kier molecular flexibility index (Phi) is 6.51. The molecule has 1 fully saturated rings. The molecule has 7 nitrogen and oxygen atoms in total. The number of carbonyl (C=O) groups excluding carboxylic acids is 3. The number of amides is 3. The van der Waals surface area contributed by atoms with Crippen molar-refractivity contribution in [1.29, 1.82) is 0 Å². The number of ether oxygens (including phenoxy) is 2. The summed E-state index contributed by atoms with van der Waals surface area (Å²) in [5, 5.41) is 1.91. The summed E-state index contributed by atoms with van der Waals surface area (Å²) in [6.07, 6.45) is -0.0761. The molecule has 1 saturated heterocycles. The Labute approximate surface area is 189 Å². The first-order valence-corrected chi connectivity index (χ1v) is 11.0. The lowest BCUT2D eigenvalue weighted by Gasteiger charge is -2.27. The lowest BCUT2D eigenvalue weighted by Crippen LogP contribution is -2.46. The first-order chi connectivity index (χ1) is 15.6. The van der Waals surface area contributed by atoms with E-state index in [1.165, 1.54) is 16.2 Å². The minimum absolute atomic E-state index is 0.0761. The molecule has 1 unspecified atom stereocenters. The zero-order valence-electron chi connectivity index (χ0n) is 17.5. The van der Waals surface area contributed by atoms with Gasteiger partial charge in [0.25, 0.3) is 11.8 Å². The summed E-state index contributed by atoms with van der Waals surface area (Å²) in [6, 6.07) is 18.6. The molecule has 0 saturated carbocycles. The molecular weight excluding hydrogens is 428 g/mol. The molecule has 32 heavy (non-hydrogen) atoms. The van der Waals surface area contributed by atoms with E-state index in [1.54, 1.807) is 43.5 Å². The number of anilines is 1. The van der Waals surface area contributed by atoms with Gasteiger partial charge in [0, 0.05) is 4.88 Å². The highest BCUT2D eigenvalue weighted by molar-refractivity contribution is 7.09. The van der Waals surface area contributed by atoms with Crippen LogP contribution in [0.15, 0.2) is 72.1 Å². The van der Waals surface area contributed by atoms with Gasteiger partial charge < -0.3 is 14.4 Å². The van der Waals surface area contributed by atoms with Crippen LogP contribution in [0.2, 0.25) is 0 Å². The average Bonchev–Trinajstić information content (AvgIpc) is 3.44. The van der Waals surface area contributed by atoms with Crippen molar-refractivity contribution in [2.75, 3.05) is 18.6 Å². The fraction of sp³-hybridized carbons (Fsp3) is 0.208. The number of thiophene rings is 1. The second kappa shape index (κ2) is 9.65. The summed E-state index contributed by atoms with van der Waals surface area (Å²) < 4.78 is 10.8. The molecule has 1 atom stereocenters. The van der Waals surface area contributed by atoms with Crippen LogP contribution < -0.4 is 14.4 Å². The van der Waals surface area contributed by atoms with Crippen LogP contribution in [0, 0.1) is 0 Å². The molecule has 0 N–H and O–H groups in total. The monoisotopic (exact) mass is 450 g/mol. The number of imide groups is 1. The van der Waals surface area contributed by atoms with Gasteiger partial charge in [-0.3, -0.25) is 14.4 Å². The molecular formula is C24H22N2O5S. The van der Waals surface area contributed by atoms with Crippen molar-refractivity contribution in [3.63, 3.8) is 0 Å². The first kappa shape index (κ1) is 21.6. The first-order valence-electron chi connectivity index (χ1n) is 10.1. The Balaban J connectivity index is 1.55. The Morgan fingerprint density at radius 2 is 1.78 bits per heavy atom. The summed E-state index contributed by atoms with van der Waals surface area (Å²) in [4.78, 5) is 42.6. The highest BCUT2D eigenvalue weighted by Gasteiger charge is 2.44. The Morgan fingerprint density at radius 1 is 1.03 bits per heavy atom. The molecule has 0 radical (unpaired) electrons. The third-order valence-electron chi connectivity index (χ3n) is 5.16. The van der Waals surface area contributed by atoms with Crippen molar-refractivity contribution in [2.45, 2.75) is 19.0 Å². The van der Waals surface area contributed by atoms with Crippen LogP contribution in [0.3, 0.4) is 0 Å². The highest BCUT2D eigenvalue weighted by atomic mass is 32.1. The molecule has 3 amide bonds. The predicted molar refractivity (Wildman–Crippen MR) is 121 cm³/mol. The van der Waals surface area contributed by atoms with E-state index >= 15 is 0 Å². The third kappa shape index (κ3) is 4.65. The van der Waals surface area contributed by atoms with Gasteiger partial charge in [-0.1, -0.05) is 24.3 Å². The lowest BCUT2D eigenvalue weighted by atomic mass is 10.2. The maximum absolute atomic E-state index is 13.3. The fourth-order valence-electron chi connectivity index (χ4n) is 3.55. The smallest absolute Gasteiger partial charge is 0.261 e. The molecule has 4 rings (SSSR count). The largest absolute Gasteiger partial charge is 0.497 e. The van der Waals surface area contributed by atoms with Crippen molar-refractivity contribution in [2.24, 2.45) is 0 Å². The Bertz CT molecular complexity index is 1080. The summed E-state index contributed by atoms with van der Waals surface area (Å²) in [6.45, 7) is 0.00465. The molecule has 0 spiro atoms. The van der Waals surface area contributed by atoms with Crippen molar-refractivity contribution < 1.29 is 23.9 Å². The van der Waals surface area contributed by atoms with E-state index in [2.05, 4.69) is 0 Å². The second-order valence-electron chi connectivity index (χ2n) is 7.19. The van der Waals surface area contributed by atoms with Crippen molar-refractivity contribution >= 4 is 34.7 Å². The van der Waals surface area contributed by atoms with Crippen LogP contribution in [0.1, 0.15) is 11.3 Å². The van der Waals surface area contributed by atoms with E-state index < -0.39 is 11.9 Å². The molecule has 1 aromatic heterocycles. The van der Waals surface area contributed by atoms with Crippen molar-refractivity contribution in [3.05, 3.63) is 77.0 Å². The lowest BCUT2D eigenvalue weighted by molar-refractivity contribution is -0.140. The number of methoxy groups -OCH3 is 1. The van der Waals surface area contributed by atoms with Crippen LogP contribution in [0.25, 0.3) is 0 Å². The van der Waals surface area contributed by atoms with Gasteiger partial charge in [-0.15, -0.1) is 11.3 Å². The molecule has 164 valence electrons. The third-order valence-corrected chi connectivity index (χ3v) is 6.02. The van der Waals surface area contributed by atoms with Crippen LogP contribution in [-0.4, -0.2) is 42.4 Å². The van der Waals surface area contributed by atoms with Gasteiger partial charge in [-0.05, 0) is 47.8 Å². The maximum Gasteiger partial charge on any atom is 0.261 e. The summed E-state index contributed by atoms with van der Waals surface area (Å²) in [5.41, 5.74) is 0.451. The number of rotatable bonds is 8. The number of nitrogens with zero attached hydrogens (tertiary/aromatic N) is 2. The van der Waals surface area contributed by atoms with Crippen molar-refractivity contribution in [3.8, 4) is 11.5 Å². The standard InChI is InChI=1S/C24H22N2O5S/c1-30-18-11-9-17(10-12-18)26-22(27)14-21(24(26)29)25(15-20-8-5-13-32-20)23(28)16-31-19-6-3-2-4-7-19/h2-13,21H,14-16H2,1H3.